The summed E-state index contributed by atoms with van der Waals surface area (Å²) < 4.78 is 0. The zero-order chi connectivity index (χ0) is 33.6. The average Bonchev–Trinajstić information content (AvgIpc) is 3.69. The third-order valence-corrected chi connectivity index (χ3v) is 11.9. The Kier molecular flexibility index (Phi) is 10.6. The van der Waals surface area contributed by atoms with Gasteiger partial charge in [0.15, 0.2) is 0 Å². The van der Waals surface area contributed by atoms with Crippen molar-refractivity contribution in [3.05, 3.63) is 247 Å². The Morgan fingerprint density at radius 3 is 1.33 bits per heavy atom. The smallest absolute Gasteiger partial charge is 0.184 e. The molecule has 51 heavy (non-hydrogen) atoms. The molecule has 0 amide bonds. The third kappa shape index (κ3) is 6.34. The Morgan fingerprint density at radius 2 is 0.824 bits per heavy atom. The standard InChI is InChI=1S/C37H24P.2C6H5.Ru/c1-3-14-26(15-4-1)38(27-16-5-2-6-17-27)35-25-13-21-31-30-20-9-12-24-34(30)37(36(31)35)32-22-10-7-18-28(32)29-19-8-11-23-33(29)37;2*1-2-4-6-5-3-1;/h1-22,24-25H;2*1-5H;/q3*-1;+3/t37-;;;/m0.../s1. The van der Waals surface area contributed by atoms with Crippen molar-refractivity contribution in [2.24, 2.45) is 0 Å². The molecule has 0 aliphatic heterocycles. The van der Waals surface area contributed by atoms with E-state index in [1.807, 2.05) is 60.7 Å². The van der Waals surface area contributed by atoms with Gasteiger partial charge in [0.1, 0.15) is 0 Å². The number of hydrogen-bond acceptors (Lipinski definition) is 0. The molecule has 8 aromatic carbocycles. The van der Waals surface area contributed by atoms with Gasteiger partial charge in [0.2, 0.25) is 0 Å². The van der Waals surface area contributed by atoms with E-state index < -0.39 is 7.92 Å². The molecule has 1 radical (unpaired) electrons. The Hall–Kier alpha value is -5.19. The average molecular weight is 755 g/mol. The van der Waals surface area contributed by atoms with E-state index in [1.54, 1.807) is 0 Å². The molecule has 10 rings (SSSR count). The molecule has 0 fully saturated rings. The van der Waals surface area contributed by atoms with Crippen molar-refractivity contribution in [3.8, 4) is 22.3 Å². The fourth-order valence-electron chi connectivity index (χ4n) is 7.48. The largest absolute Gasteiger partial charge is 3.00 e. The molecule has 8 aromatic rings. The molecule has 2 heteroatoms. The molecular formula is C49H34PRu. The molecule has 0 saturated heterocycles. The molecule has 2 aliphatic rings. The maximum absolute atomic E-state index is 3.76. The van der Waals surface area contributed by atoms with E-state index in [4.69, 9.17) is 0 Å². The van der Waals surface area contributed by atoms with Crippen LogP contribution in [0.4, 0.5) is 0 Å². The summed E-state index contributed by atoms with van der Waals surface area (Å²) in [6.45, 7) is 0. The predicted octanol–water partition coefficient (Wildman–Crippen LogP) is 10.6. The van der Waals surface area contributed by atoms with E-state index in [2.05, 4.69) is 164 Å². The fourth-order valence-corrected chi connectivity index (χ4v) is 10.0. The van der Waals surface area contributed by atoms with Gasteiger partial charge in [-0.2, -0.15) is 97.1 Å². The van der Waals surface area contributed by atoms with Gasteiger partial charge in [0, 0.05) is 5.41 Å². The van der Waals surface area contributed by atoms with Gasteiger partial charge in [0.25, 0.3) is 0 Å². The minimum atomic E-state index is -0.786. The van der Waals surface area contributed by atoms with Crippen LogP contribution in [0, 0.1) is 18.2 Å². The topological polar surface area (TPSA) is 0 Å². The second-order valence-corrected chi connectivity index (χ2v) is 14.3. The van der Waals surface area contributed by atoms with Crippen molar-refractivity contribution < 1.29 is 19.5 Å². The molecular weight excluding hydrogens is 721 g/mol. The van der Waals surface area contributed by atoms with E-state index in [-0.39, 0.29) is 24.9 Å². The van der Waals surface area contributed by atoms with Gasteiger partial charge in [-0.25, -0.2) is 0 Å². The molecule has 0 nitrogen and oxygen atoms in total. The summed E-state index contributed by atoms with van der Waals surface area (Å²) in [5.41, 5.74) is 10.3. The molecule has 0 saturated carbocycles. The van der Waals surface area contributed by atoms with E-state index in [0.29, 0.717) is 0 Å². The Morgan fingerprint density at radius 1 is 0.373 bits per heavy atom. The van der Waals surface area contributed by atoms with E-state index in [9.17, 15) is 0 Å². The summed E-state index contributed by atoms with van der Waals surface area (Å²) in [6, 6.07) is 82.4. The first-order chi connectivity index (χ1) is 24.9. The van der Waals surface area contributed by atoms with Gasteiger partial charge in [-0.15, -0.1) is 11.1 Å². The summed E-state index contributed by atoms with van der Waals surface area (Å²) >= 11 is 0. The van der Waals surface area contributed by atoms with Crippen LogP contribution in [0.15, 0.2) is 206 Å². The van der Waals surface area contributed by atoms with Crippen LogP contribution in [0.25, 0.3) is 22.3 Å². The Bertz CT molecular complexity index is 2130. The maximum atomic E-state index is 3.76. The molecule has 0 N–H and O–H groups in total. The first kappa shape index (κ1) is 34.3. The Balaban J connectivity index is 0.000000266. The summed E-state index contributed by atoms with van der Waals surface area (Å²) in [5.74, 6) is 0. The van der Waals surface area contributed by atoms with E-state index in [0.717, 1.165) is 0 Å². The zero-order valence-electron chi connectivity index (χ0n) is 27.9. The zero-order valence-corrected chi connectivity index (χ0v) is 30.6. The molecule has 0 bridgehead atoms. The van der Waals surface area contributed by atoms with Crippen molar-refractivity contribution >= 4 is 23.8 Å². The summed E-state index contributed by atoms with van der Waals surface area (Å²) in [4.78, 5) is 0. The van der Waals surface area contributed by atoms with Crippen LogP contribution in [0.5, 0.6) is 0 Å². The molecule has 1 atom stereocenters. The summed E-state index contributed by atoms with van der Waals surface area (Å²) in [5, 5.41) is 4.17. The van der Waals surface area contributed by atoms with Crippen LogP contribution in [-0.2, 0) is 24.9 Å². The van der Waals surface area contributed by atoms with Crippen molar-refractivity contribution in [2.75, 3.05) is 0 Å². The van der Waals surface area contributed by atoms with Crippen molar-refractivity contribution in [1.29, 1.82) is 0 Å². The van der Waals surface area contributed by atoms with E-state index in [1.165, 1.54) is 60.4 Å². The van der Waals surface area contributed by atoms with E-state index >= 15 is 0 Å². The van der Waals surface area contributed by atoms with Crippen molar-refractivity contribution in [2.45, 2.75) is 5.41 Å². The molecule has 0 heterocycles. The number of benzene rings is 8. The number of hydrogen-bond donors (Lipinski definition) is 0. The minimum absolute atomic E-state index is 0. The van der Waals surface area contributed by atoms with Gasteiger partial charge < -0.3 is 0 Å². The molecule has 243 valence electrons. The van der Waals surface area contributed by atoms with Gasteiger partial charge in [0.05, 0.1) is 0 Å². The van der Waals surface area contributed by atoms with Gasteiger partial charge in [-0.3, -0.25) is 0 Å². The minimum Gasteiger partial charge on any atom is -0.184 e. The van der Waals surface area contributed by atoms with Crippen LogP contribution >= 0.6 is 7.92 Å². The SMILES string of the molecule is [Ru+3].[c-]1cccc2c1[C@@]1(c3ccccc3-2)c2ccccc2-c2cccc(P(c3ccccc3)c3ccccc3)c21.[c-]1ccccc1.[c-]1ccccc1. The van der Waals surface area contributed by atoms with Gasteiger partial charge in [-0.05, 0) is 51.7 Å². The quantitative estimate of drug-likeness (QED) is 0.0957. The fraction of sp³-hybridized carbons (Fsp3) is 0.0204. The first-order valence-electron chi connectivity index (χ1n) is 17.0. The van der Waals surface area contributed by atoms with Crippen LogP contribution in [0.2, 0.25) is 0 Å². The molecule has 0 unspecified atom stereocenters. The second-order valence-electron chi connectivity index (χ2n) is 12.2. The monoisotopic (exact) mass is 755 g/mol. The normalized spacial score (nSPS) is 14.0. The maximum Gasteiger partial charge on any atom is 3.00 e. The predicted molar refractivity (Wildman–Crippen MR) is 211 cm³/mol. The Labute approximate surface area is 316 Å². The number of fused-ring (bicyclic) bond motifs is 10. The molecule has 1 spiro atoms. The second kappa shape index (κ2) is 15.8. The molecule has 0 aromatic heterocycles. The van der Waals surface area contributed by atoms with Crippen LogP contribution in [0.3, 0.4) is 0 Å². The van der Waals surface area contributed by atoms with Gasteiger partial charge in [-0.1, -0.05) is 133 Å². The van der Waals surface area contributed by atoms with Crippen LogP contribution in [-0.4, -0.2) is 0 Å². The summed E-state index contributed by atoms with van der Waals surface area (Å²) in [7, 11) is -0.786. The molecule has 2 aliphatic carbocycles. The van der Waals surface area contributed by atoms with Crippen LogP contribution in [0.1, 0.15) is 22.3 Å². The number of rotatable bonds is 3. The first-order valence-corrected chi connectivity index (χ1v) is 18.3. The van der Waals surface area contributed by atoms with Crippen molar-refractivity contribution in [1.82, 2.24) is 0 Å². The van der Waals surface area contributed by atoms with Gasteiger partial charge >= 0.3 is 19.5 Å². The third-order valence-electron chi connectivity index (χ3n) is 9.38. The summed E-state index contributed by atoms with van der Waals surface area (Å²) in [6.07, 6.45) is 0. The van der Waals surface area contributed by atoms with Crippen LogP contribution < -0.4 is 15.9 Å². The van der Waals surface area contributed by atoms with Crippen molar-refractivity contribution in [3.63, 3.8) is 0 Å².